The van der Waals surface area contributed by atoms with Crippen molar-refractivity contribution in [1.29, 1.82) is 0 Å². The van der Waals surface area contributed by atoms with E-state index in [9.17, 15) is 5.11 Å². The van der Waals surface area contributed by atoms with Crippen LogP contribution >= 0.6 is 11.6 Å². The Morgan fingerprint density at radius 1 is 1.38 bits per heavy atom. The number of phenols is 1. The predicted molar refractivity (Wildman–Crippen MR) is 51.1 cm³/mol. The number of fused-ring (bicyclic) bond motifs is 1. The van der Waals surface area contributed by atoms with Crippen LogP contribution in [0.4, 0.5) is 0 Å². The summed E-state index contributed by atoms with van der Waals surface area (Å²) >= 11 is 5.93. The Labute approximate surface area is 81.8 Å². The maximum Gasteiger partial charge on any atom is 0.134 e. The number of aliphatic hydroxyl groups is 1. The lowest BCUT2D eigenvalue weighted by molar-refractivity contribution is 0.232. The first-order valence-electron chi connectivity index (χ1n) is 4.32. The van der Waals surface area contributed by atoms with Gasteiger partial charge in [0, 0.05) is 6.61 Å². The van der Waals surface area contributed by atoms with E-state index in [1.54, 1.807) is 6.07 Å². The summed E-state index contributed by atoms with van der Waals surface area (Å²) < 4.78 is 0. The number of hydrogen-bond acceptors (Lipinski definition) is 2. The van der Waals surface area contributed by atoms with Gasteiger partial charge >= 0.3 is 0 Å². The van der Waals surface area contributed by atoms with E-state index in [1.165, 1.54) is 0 Å². The SMILES string of the molecule is OCC1Cc2ccc(O)c(Cl)c2C1. The normalized spacial score (nSPS) is 20.3. The van der Waals surface area contributed by atoms with E-state index in [0.29, 0.717) is 5.02 Å². The van der Waals surface area contributed by atoms with E-state index in [4.69, 9.17) is 16.7 Å². The maximum atomic E-state index is 9.35. The molecule has 2 nitrogen and oxygen atoms in total. The highest BCUT2D eigenvalue weighted by Crippen LogP contribution is 2.36. The first kappa shape index (κ1) is 8.85. The zero-order chi connectivity index (χ0) is 9.42. The molecule has 0 saturated heterocycles. The molecule has 1 aliphatic rings. The second-order valence-corrected chi connectivity index (χ2v) is 3.87. The fourth-order valence-corrected chi connectivity index (χ4v) is 2.12. The minimum Gasteiger partial charge on any atom is -0.506 e. The van der Waals surface area contributed by atoms with Gasteiger partial charge in [0.15, 0.2) is 0 Å². The van der Waals surface area contributed by atoms with Crippen LogP contribution < -0.4 is 0 Å². The summed E-state index contributed by atoms with van der Waals surface area (Å²) in [6, 6.07) is 3.49. The van der Waals surface area contributed by atoms with Crippen molar-refractivity contribution < 1.29 is 10.2 Å². The molecule has 0 spiro atoms. The van der Waals surface area contributed by atoms with Crippen LogP contribution in [0.2, 0.25) is 5.02 Å². The third-order valence-corrected chi connectivity index (χ3v) is 3.00. The van der Waals surface area contributed by atoms with Crippen molar-refractivity contribution in [2.24, 2.45) is 5.92 Å². The second-order valence-electron chi connectivity index (χ2n) is 3.49. The molecule has 3 heteroatoms. The van der Waals surface area contributed by atoms with Gasteiger partial charge in [-0.15, -0.1) is 0 Å². The zero-order valence-corrected chi connectivity index (χ0v) is 7.88. The molecule has 1 aliphatic carbocycles. The Morgan fingerprint density at radius 2 is 2.15 bits per heavy atom. The molecular formula is C10H11ClO2. The Kier molecular flexibility index (Phi) is 2.18. The summed E-state index contributed by atoms with van der Waals surface area (Å²) in [4.78, 5) is 0. The molecule has 70 valence electrons. The second kappa shape index (κ2) is 3.20. The molecule has 1 aromatic rings. The van der Waals surface area contributed by atoms with E-state index >= 15 is 0 Å². The van der Waals surface area contributed by atoms with Crippen molar-refractivity contribution in [2.45, 2.75) is 12.8 Å². The molecule has 0 amide bonds. The average Bonchev–Trinajstić information content (AvgIpc) is 2.55. The van der Waals surface area contributed by atoms with Crippen molar-refractivity contribution in [2.75, 3.05) is 6.61 Å². The third kappa shape index (κ3) is 1.40. The minimum atomic E-state index is 0.138. The summed E-state index contributed by atoms with van der Waals surface area (Å²) in [5, 5.41) is 18.8. The molecular weight excluding hydrogens is 188 g/mol. The molecule has 0 heterocycles. The van der Waals surface area contributed by atoms with Gasteiger partial charge in [-0.3, -0.25) is 0 Å². The Morgan fingerprint density at radius 3 is 2.85 bits per heavy atom. The van der Waals surface area contributed by atoms with Gasteiger partial charge in [0.05, 0.1) is 5.02 Å². The minimum absolute atomic E-state index is 0.138. The number of hydrogen-bond donors (Lipinski definition) is 2. The molecule has 13 heavy (non-hydrogen) atoms. The molecule has 1 aromatic carbocycles. The van der Waals surface area contributed by atoms with Crippen LogP contribution in [-0.4, -0.2) is 16.8 Å². The highest BCUT2D eigenvalue weighted by molar-refractivity contribution is 6.32. The van der Waals surface area contributed by atoms with E-state index in [0.717, 1.165) is 24.0 Å². The standard InChI is InChI=1S/C10H11ClO2/c11-10-8-4-6(5-12)3-7(8)1-2-9(10)13/h1-2,6,12-13H,3-5H2. The summed E-state index contributed by atoms with van der Waals surface area (Å²) in [6.45, 7) is 0.186. The maximum absolute atomic E-state index is 9.35. The number of rotatable bonds is 1. The molecule has 0 aromatic heterocycles. The van der Waals surface area contributed by atoms with Crippen LogP contribution in [0.15, 0.2) is 12.1 Å². The summed E-state index contributed by atoms with van der Waals surface area (Å²) in [5.74, 6) is 0.410. The monoisotopic (exact) mass is 198 g/mol. The Bertz CT molecular complexity index is 336. The first-order chi connectivity index (χ1) is 6.22. The van der Waals surface area contributed by atoms with Gasteiger partial charge in [-0.2, -0.15) is 0 Å². The summed E-state index contributed by atoms with van der Waals surface area (Å²) in [7, 11) is 0. The van der Waals surface area contributed by atoms with E-state index in [1.807, 2.05) is 6.07 Å². The summed E-state index contributed by atoms with van der Waals surface area (Å²) in [5.41, 5.74) is 2.16. The van der Waals surface area contributed by atoms with Crippen molar-refractivity contribution in [3.63, 3.8) is 0 Å². The van der Waals surface area contributed by atoms with Gasteiger partial charge in [0.25, 0.3) is 0 Å². The fraction of sp³-hybridized carbons (Fsp3) is 0.400. The van der Waals surface area contributed by atoms with Crippen molar-refractivity contribution in [1.82, 2.24) is 0 Å². The molecule has 2 rings (SSSR count). The van der Waals surface area contributed by atoms with Crippen LogP contribution in [0.1, 0.15) is 11.1 Å². The topological polar surface area (TPSA) is 40.5 Å². The lowest BCUT2D eigenvalue weighted by Gasteiger charge is -2.03. The van der Waals surface area contributed by atoms with Crippen molar-refractivity contribution in [3.8, 4) is 5.75 Å². The number of benzene rings is 1. The van der Waals surface area contributed by atoms with E-state index in [2.05, 4.69) is 0 Å². The van der Waals surface area contributed by atoms with Crippen molar-refractivity contribution in [3.05, 3.63) is 28.3 Å². The van der Waals surface area contributed by atoms with Gasteiger partial charge in [-0.1, -0.05) is 17.7 Å². The first-order valence-corrected chi connectivity index (χ1v) is 4.70. The van der Waals surface area contributed by atoms with Gasteiger partial charge < -0.3 is 10.2 Å². The largest absolute Gasteiger partial charge is 0.506 e. The number of aliphatic hydroxyl groups excluding tert-OH is 1. The van der Waals surface area contributed by atoms with Crippen LogP contribution in [0.5, 0.6) is 5.75 Å². The van der Waals surface area contributed by atoms with Crippen LogP contribution in [0.25, 0.3) is 0 Å². The van der Waals surface area contributed by atoms with E-state index in [-0.39, 0.29) is 18.3 Å². The highest BCUT2D eigenvalue weighted by atomic mass is 35.5. The molecule has 0 radical (unpaired) electrons. The molecule has 0 saturated carbocycles. The molecule has 0 fully saturated rings. The van der Waals surface area contributed by atoms with E-state index < -0.39 is 0 Å². The molecule has 2 N–H and O–H groups in total. The lowest BCUT2D eigenvalue weighted by Crippen LogP contribution is -2.04. The third-order valence-electron chi connectivity index (χ3n) is 2.58. The number of aromatic hydroxyl groups is 1. The van der Waals surface area contributed by atoms with Gasteiger partial charge in [-0.25, -0.2) is 0 Å². The smallest absolute Gasteiger partial charge is 0.134 e. The van der Waals surface area contributed by atoms with Crippen LogP contribution in [-0.2, 0) is 12.8 Å². The quantitative estimate of drug-likeness (QED) is 0.722. The number of halogens is 1. The van der Waals surface area contributed by atoms with Crippen LogP contribution in [0.3, 0.4) is 0 Å². The Balaban J connectivity index is 2.40. The zero-order valence-electron chi connectivity index (χ0n) is 7.13. The summed E-state index contributed by atoms with van der Waals surface area (Å²) in [6.07, 6.45) is 1.64. The molecule has 0 aliphatic heterocycles. The Hall–Kier alpha value is -0.730. The van der Waals surface area contributed by atoms with Gasteiger partial charge in [-0.05, 0) is 36.0 Å². The van der Waals surface area contributed by atoms with Gasteiger partial charge in [0.2, 0.25) is 0 Å². The van der Waals surface area contributed by atoms with Crippen LogP contribution in [0, 0.1) is 5.92 Å². The molecule has 1 atom stereocenters. The number of phenolic OH excluding ortho intramolecular Hbond substituents is 1. The van der Waals surface area contributed by atoms with Crippen molar-refractivity contribution >= 4 is 11.6 Å². The molecule has 0 bridgehead atoms. The fourth-order valence-electron chi connectivity index (χ4n) is 1.86. The molecule has 1 unspecified atom stereocenters. The lowest BCUT2D eigenvalue weighted by atomic mass is 10.1. The average molecular weight is 199 g/mol. The van der Waals surface area contributed by atoms with Gasteiger partial charge in [0.1, 0.15) is 5.75 Å². The predicted octanol–water partition coefficient (Wildman–Crippen LogP) is 1.75. The highest BCUT2D eigenvalue weighted by Gasteiger charge is 2.23.